The Kier molecular flexibility index (Phi) is 39.9. The van der Waals surface area contributed by atoms with Gasteiger partial charge in [-0.2, -0.15) is 0 Å². The highest BCUT2D eigenvalue weighted by Crippen LogP contribution is 2.41. The molecule has 0 saturated heterocycles. The number of carbonyl (C=O) groups excluding carboxylic acids is 11. The van der Waals surface area contributed by atoms with Crippen molar-refractivity contribution in [1.82, 2.24) is 37.2 Å². The van der Waals surface area contributed by atoms with Crippen LogP contribution in [-0.4, -0.2) is 169 Å². The first-order chi connectivity index (χ1) is 47.4. The molecule has 100 heavy (non-hydrogen) atoms. The lowest BCUT2D eigenvalue weighted by molar-refractivity contribution is -0.137. The van der Waals surface area contributed by atoms with Gasteiger partial charge in [-0.25, -0.2) is 0 Å². The van der Waals surface area contributed by atoms with Gasteiger partial charge in [-0.05, 0) is 130 Å². The standard InChI is InChI=1S/C73H112N10O17/c1-53(84)80-56-20-26-59(27-21-56)98-43-11-17-62(87)74-37-14-40-77-65(90)33-46-95-50-73(83-68(93)32-36-71(7,8)49-72(9,10)69(94)70(4,5)6,51-96-47-34-66(91)78-41-15-38-75-63(88)18-12-44-99-60-28-22-57(23-29-60)81-54(2)85)52-97-48-35-67(92)79-42-16-39-76-64(89)19-13-45-100-61-30-24-58(25-31-61)82-55(3)86/h20-31H,11-19,32-52H2,1-10H3,(H,74,87)(H,75,88)(H,76,89)(H,77,90)(H,78,91)(H,79,92)(H,80,84)(H,81,85)(H,82,86)(H,83,93). The van der Waals surface area contributed by atoms with Crippen molar-refractivity contribution in [2.75, 3.05) is 115 Å². The van der Waals surface area contributed by atoms with Crippen molar-refractivity contribution in [2.45, 2.75) is 171 Å². The summed E-state index contributed by atoms with van der Waals surface area (Å²) in [6, 6.07) is 20.7. The van der Waals surface area contributed by atoms with Gasteiger partial charge in [-0.1, -0.05) is 48.5 Å². The van der Waals surface area contributed by atoms with Crippen LogP contribution in [0.15, 0.2) is 72.8 Å². The van der Waals surface area contributed by atoms with Gasteiger partial charge in [-0.15, -0.1) is 0 Å². The second kappa shape index (κ2) is 46.6. The Bertz CT molecular complexity index is 2760. The van der Waals surface area contributed by atoms with Crippen molar-refractivity contribution >= 4 is 81.9 Å². The van der Waals surface area contributed by atoms with Crippen molar-refractivity contribution in [3.05, 3.63) is 72.8 Å². The van der Waals surface area contributed by atoms with Crippen LogP contribution < -0.4 is 67.4 Å². The summed E-state index contributed by atoms with van der Waals surface area (Å²) in [7, 11) is 0. The van der Waals surface area contributed by atoms with Gasteiger partial charge < -0.3 is 81.6 Å². The number of nitrogens with one attached hydrogen (secondary N) is 10. The summed E-state index contributed by atoms with van der Waals surface area (Å²) in [4.78, 5) is 138. The molecule has 0 atom stereocenters. The quantitative estimate of drug-likeness (QED) is 0.0249. The monoisotopic (exact) mass is 1400 g/mol. The van der Waals surface area contributed by atoms with Crippen LogP contribution in [-0.2, 0) is 67.0 Å². The van der Waals surface area contributed by atoms with Crippen LogP contribution in [0.25, 0.3) is 0 Å². The predicted molar refractivity (Wildman–Crippen MR) is 381 cm³/mol. The predicted octanol–water partition coefficient (Wildman–Crippen LogP) is 7.22. The summed E-state index contributed by atoms with van der Waals surface area (Å²) >= 11 is 0. The average Bonchev–Trinajstić information content (AvgIpc) is 0.813. The number of amides is 10. The molecule has 0 aliphatic carbocycles. The average molecular weight is 1400 g/mol. The summed E-state index contributed by atoms with van der Waals surface area (Å²) in [5, 5.41) is 28.2. The highest BCUT2D eigenvalue weighted by Gasteiger charge is 2.40. The SMILES string of the molecule is CC(=O)Nc1ccc(OCCCC(=O)NCCCNC(=O)CCOCC(COCCC(=O)NCCCNC(=O)CCCOc2ccc(NC(C)=O)cc2)(COCCC(=O)NCCCNC(=O)CCCOc2ccc(NC(C)=O)cc2)NC(=O)CCC(C)(C)CC(C)(C)C(=O)C(C)(C)C)cc1. The molecule has 0 radical (unpaired) electrons. The first-order valence-electron chi connectivity index (χ1n) is 34.6. The van der Waals surface area contributed by atoms with Gasteiger partial charge >= 0.3 is 0 Å². The Hall–Kier alpha value is -8.69. The smallest absolute Gasteiger partial charge is 0.222 e. The molecule has 0 bridgehead atoms. The van der Waals surface area contributed by atoms with E-state index in [0.29, 0.717) is 125 Å². The number of ether oxygens (including phenoxy) is 6. The number of rotatable bonds is 52. The van der Waals surface area contributed by atoms with E-state index in [9.17, 15) is 52.7 Å². The molecule has 27 nitrogen and oxygen atoms in total. The summed E-state index contributed by atoms with van der Waals surface area (Å²) < 4.78 is 35.6. The first-order valence-corrected chi connectivity index (χ1v) is 34.6. The minimum Gasteiger partial charge on any atom is -0.494 e. The molecule has 10 amide bonds. The van der Waals surface area contributed by atoms with Gasteiger partial charge in [0, 0.05) is 133 Å². The molecule has 3 aromatic carbocycles. The lowest BCUT2D eigenvalue weighted by atomic mass is 9.66. The van der Waals surface area contributed by atoms with Gasteiger partial charge in [-0.3, -0.25) is 52.7 Å². The van der Waals surface area contributed by atoms with E-state index in [-0.39, 0.29) is 169 Å². The maximum absolute atomic E-state index is 14.2. The zero-order chi connectivity index (χ0) is 73.8. The molecule has 556 valence electrons. The Morgan fingerprint density at radius 3 is 0.890 bits per heavy atom. The number of hydrogen-bond acceptors (Lipinski definition) is 17. The Morgan fingerprint density at radius 2 is 0.620 bits per heavy atom. The first kappa shape index (κ1) is 85.5. The van der Waals surface area contributed by atoms with Gasteiger partial charge in [0.1, 0.15) is 28.6 Å². The molecular weight excluding hydrogens is 1290 g/mol. The normalized spacial score (nSPS) is 11.5. The Balaban J connectivity index is 1.58. The minimum absolute atomic E-state index is 0.0498. The number of benzene rings is 3. The number of hydrogen-bond donors (Lipinski definition) is 10. The second-order valence-corrected chi connectivity index (χ2v) is 27.2. The molecule has 0 fully saturated rings. The van der Waals surface area contributed by atoms with Gasteiger partial charge in [0.05, 0.1) is 59.5 Å². The minimum atomic E-state index is -1.40. The third-order valence-electron chi connectivity index (χ3n) is 15.2. The van der Waals surface area contributed by atoms with Crippen LogP contribution in [0.4, 0.5) is 17.1 Å². The maximum Gasteiger partial charge on any atom is 0.222 e. The van der Waals surface area contributed by atoms with E-state index in [4.69, 9.17) is 28.4 Å². The number of carbonyl (C=O) groups is 11. The summed E-state index contributed by atoms with van der Waals surface area (Å²) in [5.41, 5.74) is -1.14. The topological polar surface area (TPSA) is 363 Å². The van der Waals surface area contributed by atoms with E-state index in [2.05, 4.69) is 53.2 Å². The van der Waals surface area contributed by atoms with E-state index in [0.717, 1.165) is 0 Å². The largest absolute Gasteiger partial charge is 0.494 e. The van der Waals surface area contributed by atoms with Gasteiger partial charge in [0.25, 0.3) is 0 Å². The zero-order valence-electron chi connectivity index (χ0n) is 60.6. The maximum atomic E-state index is 14.2. The zero-order valence-corrected chi connectivity index (χ0v) is 60.6. The van der Waals surface area contributed by atoms with Gasteiger partial charge in [0.15, 0.2) is 0 Å². The van der Waals surface area contributed by atoms with Crippen molar-refractivity contribution in [2.24, 2.45) is 16.2 Å². The fourth-order valence-corrected chi connectivity index (χ4v) is 10.7. The summed E-state index contributed by atoms with van der Waals surface area (Å²) in [6.45, 7) is 19.8. The molecule has 3 rings (SSSR count). The molecule has 0 aromatic heterocycles. The van der Waals surface area contributed by atoms with Crippen LogP contribution in [0.5, 0.6) is 17.2 Å². The molecule has 0 aliphatic rings. The van der Waals surface area contributed by atoms with Crippen molar-refractivity contribution in [3.8, 4) is 17.2 Å². The third kappa shape index (κ3) is 40.4. The molecule has 0 spiro atoms. The van der Waals surface area contributed by atoms with Crippen LogP contribution in [0.1, 0.15) is 166 Å². The number of Topliss-reactive ketones (excluding diaryl/α,β-unsaturated/α-hetero) is 1. The highest BCUT2D eigenvalue weighted by molar-refractivity contribution is 5.90. The lowest BCUT2D eigenvalue weighted by Crippen LogP contribution is -2.59. The van der Waals surface area contributed by atoms with Crippen molar-refractivity contribution in [1.29, 1.82) is 0 Å². The highest BCUT2D eigenvalue weighted by atomic mass is 16.5. The van der Waals surface area contributed by atoms with Crippen molar-refractivity contribution in [3.63, 3.8) is 0 Å². The van der Waals surface area contributed by atoms with E-state index in [1.54, 1.807) is 72.8 Å². The van der Waals surface area contributed by atoms with Gasteiger partial charge in [0.2, 0.25) is 59.1 Å². The number of anilines is 3. The fraction of sp³-hybridized carbons (Fsp3) is 0.603. The Labute approximate surface area is 590 Å². The van der Waals surface area contributed by atoms with E-state index >= 15 is 0 Å². The van der Waals surface area contributed by atoms with E-state index < -0.39 is 21.8 Å². The lowest BCUT2D eigenvalue weighted by Gasteiger charge is -2.38. The van der Waals surface area contributed by atoms with Crippen LogP contribution >= 0.6 is 0 Å². The summed E-state index contributed by atoms with van der Waals surface area (Å²) in [5.74, 6) is -0.390. The number of ketones is 1. The fourth-order valence-electron chi connectivity index (χ4n) is 10.7. The van der Waals surface area contributed by atoms with Crippen LogP contribution in [0.2, 0.25) is 0 Å². The van der Waals surface area contributed by atoms with E-state index in [1.165, 1.54) is 20.8 Å². The molecule has 0 unspecified atom stereocenters. The molecule has 0 heterocycles. The molecule has 0 saturated carbocycles. The second-order valence-electron chi connectivity index (χ2n) is 27.2. The third-order valence-corrected chi connectivity index (χ3v) is 15.2. The molecule has 10 N–H and O–H groups in total. The van der Waals surface area contributed by atoms with E-state index in [1.807, 2.05) is 48.5 Å². The van der Waals surface area contributed by atoms with Crippen molar-refractivity contribution < 1.29 is 81.2 Å². The molecule has 27 heteroatoms. The van der Waals surface area contributed by atoms with Crippen LogP contribution in [0.3, 0.4) is 0 Å². The summed E-state index contributed by atoms with van der Waals surface area (Å²) in [6.07, 6.45) is 4.36. The van der Waals surface area contributed by atoms with Crippen LogP contribution in [0, 0.1) is 16.2 Å². The molecule has 0 aliphatic heterocycles. The molecular formula is C73H112N10O17. The Morgan fingerprint density at radius 1 is 0.340 bits per heavy atom. The molecule has 3 aromatic rings.